The first-order chi connectivity index (χ1) is 16.8. The van der Waals surface area contributed by atoms with Gasteiger partial charge in [0.1, 0.15) is 15.5 Å². The van der Waals surface area contributed by atoms with Gasteiger partial charge in [0.15, 0.2) is 0 Å². The molecule has 2 aromatic rings. The number of nitrogens with zero attached hydrogens (tertiary/aromatic N) is 1. The van der Waals surface area contributed by atoms with Crippen molar-refractivity contribution in [3.63, 3.8) is 0 Å². The average molecular weight is 556 g/mol. The van der Waals surface area contributed by atoms with Crippen molar-refractivity contribution < 1.29 is 60.6 Å². The molecule has 0 fully saturated rings. The Morgan fingerprint density at radius 3 is 2.11 bits per heavy atom. The molecule has 0 atom stereocenters. The van der Waals surface area contributed by atoms with Crippen LogP contribution in [-0.4, -0.2) is 49.8 Å². The second-order valence-electron chi connectivity index (χ2n) is 8.18. The van der Waals surface area contributed by atoms with Gasteiger partial charge in [-0.1, -0.05) is 12.1 Å². The van der Waals surface area contributed by atoms with E-state index in [9.17, 15) is 31.0 Å². The van der Waals surface area contributed by atoms with Crippen LogP contribution in [0.1, 0.15) is 37.5 Å². The van der Waals surface area contributed by atoms with Crippen LogP contribution in [0.3, 0.4) is 0 Å². The zero-order chi connectivity index (χ0) is 26.8. The Bertz CT molecular complexity index is 1560. The Labute approximate surface area is 239 Å². The van der Waals surface area contributed by atoms with Gasteiger partial charge in [-0.05, 0) is 92.0 Å². The van der Waals surface area contributed by atoms with Gasteiger partial charge < -0.3 is 10.4 Å². The van der Waals surface area contributed by atoms with Crippen molar-refractivity contribution in [1.29, 1.82) is 0 Å². The molecule has 192 valence electrons. The van der Waals surface area contributed by atoms with Crippen LogP contribution in [0.25, 0.3) is 5.57 Å². The summed E-state index contributed by atoms with van der Waals surface area (Å²) in [6.07, 6.45) is 5.29. The van der Waals surface area contributed by atoms with Gasteiger partial charge in [-0.3, -0.25) is 14.1 Å². The molecule has 2 aromatic carbocycles. The standard InChI is InChI=1S/C25H28N2O7S2.Na/c1-5-26-20-9-7-17(11-15(20)3)25(18-8-10-21(27-6-2)16(4)12-18)19-13-22(28)24(36(32,33)34)14-23(19)35(29,30)31;/h7-14,26,28H,5-6H2,1-4H3,(H,29,30,31)(H,32,33,34);/q;+1/b25-18+,27-21?;. The molecule has 9 nitrogen and oxygen atoms in total. The fraction of sp³-hybridized carbons (Fsp3) is 0.240. The molecule has 0 saturated heterocycles. The van der Waals surface area contributed by atoms with Gasteiger partial charge in [-0.2, -0.15) is 16.8 Å². The first-order valence-corrected chi connectivity index (χ1v) is 14.0. The van der Waals surface area contributed by atoms with Crippen LogP contribution in [0.5, 0.6) is 5.75 Å². The number of aromatic hydroxyl groups is 1. The number of phenols is 1. The van der Waals surface area contributed by atoms with Crippen LogP contribution in [0, 0.1) is 6.92 Å². The molecule has 0 aromatic heterocycles. The number of aryl methyl sites for hydroxylation is 1. The Morgan fingerprint density at radius 2 is 1.59 bits per heavy atom. The summed E-state index contributed by atoms with van der Waals surface area (Å²) in [5.74, 6) is -0.868. The fourth-order valence-electron chi connectivity index (χ4n) is 4.01. The smallest absolute Gasteiger partial charge is 0.506 e. The zero-order valence-electron chi connectivity index (χ0n) is 21.3. The van der Waals surface area contributed by atoms with E-state index in [0.29, 0.717) is 35.9 Å². The number of benzene rings is 2. The Morgan fingerprint density at radius 1 is 0.946 bits per heavy atom. The SMILES string of the molecule is CCN=C1C=C/C(=C(/c2ccc(NCC)c(C)c2)c2cc(O)c(S(=O)(=O)O)cc2S(=O)(=O)O)C=C1C.[Na+]. The molecule has 4 N–H and O–H groups in total. The maximum atomic E-state index is 12.4. The van der Waals surface area contributed by atoms with Crippen LogP contribution < -0.4 is 34.9 Å². The summed E-state index contributed by atoms with van der Waals surface area (Å²) in [5.41, 5.74) is 4.55. The number of nitrogens with one attached hydrogen (secondary N) is 1. The van der Waals surface area contributed by atoms with Gasteiger partial charge in [0.05, 0.1) is 5.71 Å². The minimum absolute atomic E-state index is 0. The topological polar surface area (TPSA) is 153 Å². The molecule has 12 heteroatoms. The van der Waals surface area contributed by atoms with Crippen LogP contribution >= 0.6 is 0 Å². The van der Waals surface area contributed by atoms with E-state index >= 15 is 0 Å². The fourth-order valence-corrected chi connectivity index (χ4v) is 5.38. The van der Waals surface area contributed by atoms with Gasteiger partial charge in [-0.15, -0.1) is 0 Å². The van der Waals surface area contributed by atoms with E-state index in [-0.39, 0.29) is 35.1 Å². The summed E-state index contributed by atoms with van der Waals surface area (Å²) in [5, 5.41) is 13.7. The predicted molar refractivity (Wildman–Crippen MR) is 140 cm³/mol. The molecule has 0 bridgehead atoms. The molecule has 1 aliphatic rings. The monoisotopic (exact) mass is 555 g/mol. The second kappa shape index (κ2) is 12.1. The number of anilines is 1. The van der Waals surface area contributed by atoms with E-state index in [1.54, 1.807) is 24.3 Å². The zero-order valence-corrected chi connectivity index (χ0v) is 24.9. The van der Waals surface area contributed by atoms with Crippen molar-refractivity contribution >= 4 is 37.2 Å². The molecule has 0 saturated carbocycles. The van der Waals surface area contributed by atoms with E-state index < -0.39 is 35.8 Å². The molecule has 0 radical (unpaired) electrons. The Hall–Kier alpha value is -2.25. The summed E-state index contributed by atoms with van der Waals surface area (Å²) >= 11 is 0. The molecule has 1 aliphatic carbocycles. The molecule has 0 unspecified atom stereocenters. The maximum absolute atomic E-state index is 12.4. The third kappa shape index (κ3) is 6.99. The summed E-state index contributed by atoms with van der Waals surface area (Å²) in [7, 11) is -9.97. The van der Waals surface area contributed by atoms with Crippen molar-refractivity contribution in [2.75, 3.05) is 18.4 Å². The first-order valence-electron chi connectivity index (χ1n) is 11.1. The summed E-state index contributed by atoms with van der Waals surface area (Å²) < 4.78 is 67.7. The van der Waals surface area contributed by atoms with Crippen LogP contribution in [0.15, 0.2) is 74.5 Å². The number of phenolic OH excluding ortho intramolecular Hbond substituents is 1. The van der Waals surface area contributed by atoms with Crippen molar-refractivity contribution in [3.8, 4) is 5.75 Å². The molecule has 37 heavy (non-hydrogen) atoms. The van der Waals surface area contributed by atoms with E-state index in [2.05, 4.69) is 10.3 Å². The largest absolute Gasteiger partial charge is 1.00 e. The summed E-state index contributed by atoms with van der Waals surface area (Å²) in [4.78, 5) is 2.60. The number of rotatable bonds is 7. The van der Waals surface area contributed by atoms with E-state index in [4.69, 9.17) is 0 Å². The number of aliphatic imine (C=N–C) groups is 1. The van der Waals surface area contributed by atoms with Crippen molar-refractivity contribution in [2.45, 2.75) is 37.5 Å². The third-order valence-corrected chi connectivity index (χ3v) is 7.36. The molecular weight excluding hydrogens is 527 g/mol. The minimum Gasteiger partial charge on any atom is -0.506 e. The summed E-state index contributed by atoms with van der Waals surface area (Å²) in [6.45, 7) is 8.83. The van der Waals surface area contributed by atoms with E-state index in [1.165, 1.54) is 0 Å². The van der Waals surface area contributed by atoms with E-state index in [0.717, 1.165) is 28.6 Å². The number of allylic oxidation sites excluding steroid dienone is 5. The van der Waals surface area contributed by atoms with Crippen molar-refractivity contribution in [2.24, 2.45) is 4.99 Å². The third-order valence-electron chi connectivity index (χ3n) is 5.58. The minimum atomic E-state index is -4.99. The predicted octanol–water partition coefficient (Wildman–Crippen LogP) is 1.41. The molecule has 0 aliphatic heterocycles. The van der Waals surface area contributed by atoms with Gasteiger partial charge in [0, 0.05) is 24.3 Å². The number of hydrogen-bond acceptors (Lipinski definition) is 7. The Kier molecular flexibility index (Phi) is 10.1. The first kappa shape index (κ1) is 31.0. The molecule has 0 amide bonds. The van der Waals surface area contributed by atoms with Crippen molar-refractivity contribution in [3.05, 3.63) is 76.4 Å². The molecule has 0 heterocycles. The molecular formula is C25H28N2NaO7S2+. The van der Waals surface area contributed by atoms with Gasteiger partial charge in [0.2, 0.25) is 0 Å². The van der Waals surface area contributed by atoms with Gasteiger partial charge in [-0.25, -0.2) is 0 Å². The van der Waals surface area contributed by atoms with Gasteiger partial charge >= 0.3 is 29.6 Å². The normalized spacial score (nSPS) is 16.3. The van der Waals surface area contributed by atoms with E-state index in [1.807, 2.05) is 39.8 Å². The maximum Gasteiger partial charge on any atom is 1.00 e. The number of hydrogen-bond donors (Lipinski definition) is 4. The van der Waals surface area contributed by atoms with Crippen molar-refractivity contribution in [1.82, 2.24) is 0 Å². The Balaban J connectivity index is 0.00000481. The van der Waals surface area contributed by atoms with Crippen LogP contribution in [0.2, 0.25) is 0 Å². The van der Waals surface area contributed by atoms with Crippen LogP contribution in [0.4, 0.5) is 5.69 Å². The van der Waals surface area contributed by atoms with Crippen LogP contribution in [-0.2, 0) is 20.2 Å². The summed E-state index contributed by atoms with van der Waals surface area (Å²) in [6, 6.07) is 6.84. The molecule has 0 spiro atoms. The average Bonchev–Trinajstić information content (AvgIpc) is 2.76. The van der Waals surface area contributed by atoms with Gasteiger partial charge in [0.25, 0.3) is 20.2 Å². The molecule has 3 rings (SSSR count). The second-order valence-corrected chi connectivity index (χ2v) is 11.0. The quantitative estimate of drug-likeness (QED) is 0.296.